The Morgan fingerprint density at radius 2 is 2.10 bits per heavy atom. The first-order valence-electron chi connectivity index (χ1n) is 10.5. The summed E-state index contributed by atoms with van der Waals surface area (Å²) >= 11 is 5.78. The van der Waals surface area contributed by atoms with Crippen LogP contribution in [0, 0.1) is 17.3 Å². The average molecular weight is 416 g/mol. The molecule has 1 aromatic heterocycles. The van der Waals surface area contributed by atoms with E-state index in [1.807, 2.05) is 24.3 Å². The number of carbonyl (C=O) groups excluding carboxylic acids is 1. The van der Waals surface area contributed by atoms with E-state index >= 15 is 0 Å². The lowest BCUT2D eigenvalue weighted by atomic mass is 9.43. The quantitative estimate of drug-likeness (QED) is 0.593. The molecule has 2 aromatic rings. The molecule has 154 valence electrons. The summed E-state index contributed by atoms with van der Waals surface area (Å²) in [6, 6.07) is 7.91. The Balaban J connectivity index is 1.41. The highest BCUT2D eigenvalue weighted by atomic mass is 35.5. The second-order valence-electron chi connectivity index (χ2n) is 9.61. The van der Waals surface area contributed by atoms with E-state index in [0.29, 0.717) is 18.3 Å². The number of hydrogen-bond donors (Lipinski definition) is 1. The van der Waals surface area contributed by atoms with Crippen molar-refractivity contribution >= 4 is 35.6 Å². The zero-order valence-corrected chi connectivity index (χ0v) is 17.9. The summed E-state index contributed by atoms with van der Waals surface area (Å²) < 4.78 is 18.7. The number of para-hydroxylation sites is 1. The molecule has 5 nitrogen and oxygen atoms in total. The van der Waals surface area contributed by atoms with E-state index < -0.39 is 7.12 Å². The van der Waals surface area contributed by atoms with Crippen LogP contribution in [0.1, 0.15) is 39.2 Å². The second-order valence-corrected chi connectivity index (χ2v) is 9.87. The number of amides is 1. The highest BCUT2D eigenvalue weighted by Gasteiger charge is 2.68. The maximum atomic E-state index is 12.2. The maximum Gasteiger partial charge on any atom is 0.482 e. The van der Waals surface area contributed by atoms with Gasteiger partial charge in [0.15, 0.2) is 0 Å². The fraction of sp³-hybridized carbons (Fsp3) is 0.591. The third-order valence-corrected chi connectivity index (χ3v) is 8.01. The van der Waals surface area contributed by atoms with Crippen LogP contribution < -0.4 is 5.32 Å². The Hall–Kier alpha value is -1.50. The van der Waals surface area contributed by atoms with Gasteiger partial charge in [-0.15, -0.1) is 11.6 Å². The molecule has 1 aromatic carbocycles. The van der Waals surface area contributed by atoms with Crippen molar-refractivity contribution in [1.82, 2.24) is 5.32 Å². The summed E-state index contributed by atoms with van der Waals surface area (Å²) in [5, 5.41) is 4.07. The maximum absolute atomic E-state index is 12.2. The molecule has 4 aliphatic rings. The van der Waals surface area contributed by atoms with Gasteiger partial charge in [0.05, 0.1) is 23.9 Å². The molecule has 1 saturated heterocycles. The molecule has 6 rings (SSSR count). The first-order valence-corrected chi connectivity index (χ1v) is 11.0. The number of halogens is 1. The van der Waals surface area contributed by atoms with E-state index in [-0.39, 0.29) is 34.8 Å². The van der Waals surface area contributed by atoms with Gasteiger partial charge in [-0.2, -0.15) is 0 Å². The average Bonchev–Trinajstić information content (AvgIpc) is 3.27. The van der Waals surface area contributed by atoms with E-state index in [0.717, 1.165) is 23.0 Å². The molecular formula is C22H27BClNO4. The van der Waals surface area contributed by atoms with Gasteiger partial charge in [0.1, 0.15) is 11.5 Å². The Morgan fingerprint density at radius 3 is 2.86 bits per heavy atom. The van der Waals surface area contributed by atoms with Crippen LogP contribution in [-0.4, -0.2) is 36.6 Å². The number of hydrogen-bond acceptors (Lipinski definition) is 4. The third-order valence-electron chi connectivity index (χ3n) is 7.77. The lowest BCUT2D eigenvalue weighted by molar-refractivity contribution is -0.199. The van der Waals surface area contributed by atoms with Gasteiger partial charge in [-0.05, 0) is 55.1 Å². The number of carbonyl (C=O) groups is 1. The predicted molar refractivity (Wildman–Crippen MR) is 113 cm³/mol. The van der Waals surface area contributed by atoms with Crippen molar-refractivity contribution in [3.05, 3.63) is 36.1 Å². The van der Waals surface area contributed by atoms with Crippen LogP contribution in [0.4, 0.5) is 0 Å². The Labute approximate surface area is 176 Å². The molecule has 1 N–H and O–H groups in total. The van der Waals surface area contributed by atoms with Gasteiger partial charge in [0.25, 0.3) is 0 Å². The number of alkyl halides is 1. The molecule has 29 heavy (non-hydrogen) atoms. The summed E-state index contributed by atoms with van der Waals surface area (Å²) in [7, 11) is -0.499. The van der Waals surface area contributed by atoms with Gasteiger partial charge >= 0.3 is 7.12 Å². The Kier molecular flexibility index (Phi) is 4.54. The molecule has 3 aliphatic carbocycles. The lowest BCUT2D eigenvalue weighted by Crippen LogP contribution is -2.65. The molecule has 5 atom stereocenters. The lowest BCUT2D eigenvalue weighted by Gasteiger charge is -2.64. The van der Waals surface area contributed by atoms with Crippen LogP contribution in [0.2, 0.25) is 0 Å². The minimum Gasteiger partial charge on any atom is -0.464 e. The molecule has 7 heteroatoms. The van der Waals surface area contributed by atoms with Crippen molar-refractivity contribution < 1.29 is 18.5 Å². The molecule has 0 radical (unpaired) electrons. The highest BCUT2D eigenvalue weighted by Crippen LogP contribution is 2.65. The van der Waals surface area contributed by atoms with Crippen LogP contribution in [0.15, 0.2) is 34.9 Å². The van der Waals surface area contributed by atoms with E-state index in [9.17, 15) is 4.79 Å². The summed E-state index contributed by atoms with van der Waals surface area (Å²) in [4.78, 5) is 12.2. The van der Waals surface area contributed by atoms with Crippen LogP contribution >= 0.6 is 11.6 Å². The largest absolute Gasteiger partial charge is 0.482 e. The Bertz CT molecular complexity index is 946. The molecule has 1 amide bonds. The minimum atomic E-state index is -0.499. The van der Waals surface area contributed by atoms with Crippen LogP contribution in [0.5, 0.6) is 0 Å². The summed E-state index contributed by atoms with van der Waals surface area (Å²) in [6.45, 7) is 6.87. The summed E-state index contributed by atoms with van der Waals surface area (Å²) in [6.07, 6.45) is 4.60. The highest BCUT2D eigenvalue weighted by molar-refractivity contribution is 6.48. The minimum absolute atomic E-state index is 0.0702. The summed E-state index contributed by atoms with van der Waals surface area (Å²) in [5.74, 6) is 0.518. The molecule has 1 unspecified atom stereocenters. The van der Waals surface area contributed by atoms with E-state index in [4.69, 9.17) is 25.3 Å². The zero-order valence-electron chi connectivity index (χ0n) is 17.1. The van der Waals surface area contributed by atoms with Crippen molar-refractivity contribution in [3.8, 4) is 0 Å². The molecular weight excluding hydrogens is 389 g/mol. The topological polar surface area (TPSA) is 60.7 Å². The van der Waals surface area contributed by atoms with Crippen LogP contribution in [-0.2, 0) is 20.5 Å². The molecule has 4 fully saturated rings. The normalized spacial score (nSPS) is 33.2. The van der Waals surface area contributed by atoms with Gasteiger partial charge in [0, 0.05) is 5.39 Å². The smallest absolute Gasteiger partial charge is 0.464 e. The molecule has 2 heterocycles. The first kappa shape index (κ1) is 19.5. The molecule has 1 aliphatic heterocycles. The van der Waals surface area contributed by atoms with E-state index in [1.165, 1.54) is 6.42 Å². The fourth-order valence-corrected chi connectivity index (χ4v) is 6.04. The number of fused-ring (bicyclic) bond motifs is 1. The van der Waals surface area contributed by atoms with Crippen LogP contribution in [0.25, 0.3) is 11.0 Å². The van der Waals surface area contributed by atoms with Gasteiger partial charge in [0.2, 0.25) is 5.91 Å². The van der Waals surface area contributed by atoms with Crippen molar-refractivity contribution in [2.75, 3.05) is 5.88 Å². The third kappa shape index (κ3) is 2.95. The van der Waals surface area contributed by atoms with E-state index in [2.05, 4.69) is 26.1 Å². The number of nitrogens with one attached hydrogen (secondary N) is 1. The number of furan rings is 1. The van der Waals surface area contributed by atoms with Crippen molar-refractivity contribution in [2.45, 2.75) is 57.7 Å². The monoisotopic (exact) mass is 415 g/mol. The van der Waals surface area contributed by atoms with Gasteiger partial charge in [-0.3, -0.25) is 4.79 Å². The van der Waals surface area contributed by atoms with Crippen LogP contribution in [0.3, 0.4) is 0 Å². The number of rotatable bonds is 5. The van der Waals surface area contributed by atoms with E-state index in [1.54, 1.807) is 6.26 Å². The van der Waals surface area contributed by atoms with Gasteiger partial charge in [-0.1, -0.05) is 32.0 Å². The molecule has 2 bridgehead atoms. The zero-order chi connectivity index (χ0) is 20.4. The fourth-order valence-electron chi connectivity index (χ4n) is 5.96. The number of benzene rings is 1. The SMILES string of the molecule is CC1(C)[C@@H]2C[C@H]3OB(C(Cc4coc5ccccc45)NC(=O)CCl)O[C@@]3(C)[C@H]1C2. The Morgan fingerprint density at radius 1 is 1.31 bits per heavy atom. The standard InChI is InChI=1S/C22H27BClNO4/c1-21(2)14-9-17(21)22(3)18(10-14)28-23(29-22)19(25-20(26)11-24)8-13-12-27-16-7-5-4-6-15(13)16/h4-7,12,14,17-19H,8-11H2,1-3H3,(H,25,26)/t14-,17-,18+,19?,22-/m0/s1. The van der Waals surface area contributed by atoms with Gasteiger partial charge < -0.3 is 19.0 Å². The second kappa shape index (κ2) is 6.76. The van der Waals surface area contributed by atoms with Crippen molar-refractivity contribution in [1.29, 1.82) is 0 Å². The first-order chi connectivity index (χ1) is 13.8. The molecule has 0 spiro atoms. The van der Waals surface area contributed by atoms with Gasteiger partial charge in [-0.25, -0.2) is 0 Å². The molecule has 3 saturated carbocycles. The predicted octanol–water partition coefficient (Wildman–Crippen LogP) is 3.97. The van der Waals surface area contributed by atoms with Crippen molar-refractivity contribution in [2.24, 2.45) is 17.3 Å². The van der Waals surface area contributed by atoms with Crippen molar-refractivity contribution in [3.63, 3.8) is 0 Å². The summed E-state index contributed by atoms with van der Waals surface area (Å²) in [5.41, 5.74) is 1.82.